The summed E-state index contributed by atoms with van der Waals surface area (Å²) in [6.45, 7) is 5.32. The molecular formula is C14H22N2O3. The lowest BCUT2D eigenvalue weighted by molar-refractivity contribution is 0.0696. The van der Waals surface area contributed by atoms with Gasteiger partial charge in [-0.2, -0.15) is 0 Å². The number of hydrogen-bond acceptors (Lipinski definition) is 4. The normalized spacial score (nSPS) is 10.5. The molecule has 1 aromatic heterocycles. The summed E-state index contributed by atoms with van der Waals surface area (Å²) in [5, 5.41) is 18.2. The average Bonchev–Trinajstić information content (AvgIpc) is 2.42. The molecule has 0 bridgehead atoms. The highest BCUT2D eigenvalue weighted by Gasteiger charge is 2.12. The number of rotatable bonds is 8. The van der Waals surface area contributed by atoms with Gasteiger partial charge in [0.25, 0.3) is 0 Å². The van der Waals surface area contributed by atoms with E-state index in [0.29, 0.717) is 18.8 Å². The SMILES string of the molecule is CCCCN(CCO)c1cc(C(=O)O)cc(CC)n1. The summed E-state index contributed by atoms with van der Waals surface area (Å²) >= 11 is 0. The van der Waals surface area contributed by atoms with Gasteiger partial charge in [-0.3, -0.25) is 0 Å². The molecule has 5 nitrogen and oxygen atoms in total. The molecule has 106 valence electrons. The van der Waals surface area contributed by atoms with Crippen molar-refractivity contribution in [2.75, 3.05) is 24.6 Å². The van der Waals surface area contributed by atoms with E-state index >= 15 is 0 Å². The van der Waals surface area contributed by atoms with Crippen molar-refractivity contribution >= 4 is 11.8 Å². The van der Waals surface area contributed by atoms with Gasteiger partial charge >= 0.3 is 5.97 Å². The van der Waals surface area contributed by atoms with E-state index in [1.807, 2.05) is 11.8 Å². The Bertz CT molecular complexity index is 421. The summed E-state index contributed by atoms with van der Waals surface area (Å²) in [5.74, 6) is -0.308. The highest BCUT2D eigenvalue weighted by atomic mass is 16.4. The first kappa shape index (κ1) is 15.4. The van der Waals surface area contributed by atoms with Crippen LogP contribution in [0.1, 0.15) is 42.7 Å². The monoisotopic (exact) mass is 266 g/mol. The van der Waals surface area contributed by atoms with E-state index in [-0.39, 0.29) is 12.2 Å². The fraction of sp³-hybridized carbons (Fsp3) is 0.571. The fourth-order valence-corrected chi connectivity index (χ4v) is 1.85. The molecule has 0 aliphatic carbocycles. The van der Waals surface area contributed by atoms with Crippen molar-refractivity contribution in [1.29, 1.82) is 0 Å². The van der Waals surface area contributed by atoms with Crippen LogP contribution in [0.3, 0.4) is 0 Å². The van der Waals surface area contributed by atoms with Gasteiger partial charge in [0.15, 0.2) is 0 Å². The molecule has 0 saturated heterocycles. The summed E-state index contributed by atoms with van der Waals surface area (Å²) in [6.07, 6.45) is 2.72. The molecule has 0 saturated carbocycles. The summed E-state index contributed by atoms with van der Waals surface area (Å²) in [7, 11) is 0. The molecule has 5 heteroatoms. The van der Waals surface area contributed by atoms with Crippen LogP contribution in [0, 0.1) is 0 Å². The Morgan fingerprint density at radius 2 is 2.05 bits per heavy atom. The number of nitrogens with zero attached hydrogens (tertiary/aromatic N) is 2. The Morgan fingerprint density at radius 3 is 2.58 bits per heavy atom. The number of aryl methyl sites for hydroxylation is 1. The van der Waals surface area contributed by atoms with Crippen molar-refractivity contribution < 1.29 is 15.0 Å². The zero-order chi connectivity index (χ0) is 14.3. The Hall–Kier alpha value is -1.62. The summed E-state index contributed by atoms with van der Waals surface area (Å²) in [6, 6.07) is 3.18. The smallest absolute Gasteiger partial charge is 0.335 e. The van der Waals surface area contributed by atoms with Gasteiger partial charge in [0, 0.05) is 18.8 Å². The number of aliphatic hydroxyl groups is 1. The highest BCUT2D eigenvalue weighted by Crippen LogP contribution is 2.16. The predicted molar refractivity (Wildman–Crippen MR) is 74.8 cm³/mol. The zero-order valence-corrected chi connectivity index (χ0v) is 11.6. The molecule has 0 unspecified atom stereocenters. The first-order valence-electron chi connectivity index (χ1n) is 6.72. The highest BCUT2D eigenvalue weighted by molar-refractivity contribution is 5.88. The molecule has 0 fully saturated rings. The average molecular weight is 266 g/mol. The summed E-state index contributed by atoms with van der Waals surface area (Å²) < 4.78 is 0. The van der Waals surface area contributed by atoms with Crippen LogP contribution in [0.2, 0.25) is 0 Å². The van der Waals surface area contributed by atoms with Gasteiger partial charge in [0.2, 0.25) is 0 Å². The van der Waals surface area contributed by atoms with E-state index in [1.165, 1.54) is 0 Å². The van der Waals surface area contributed by atoms with Gasteiger partial charge in [-0.15, -0.1) is 0 Å². The summed E-state index contributed by atoms with van der Waals surface area (Å²) in [5.41, 5.74) is 1.01. The lowest BCUT2D eigenvalue weighted by Crippen LogP contribution is -2.29. The Balaban J connectivity index is 3.05. The van der Waals surface area contributed by atoms with Crippen LogP contribution in [0.5, 0.6) is 0 Å². The maximum Gasteiger partial charge on any atom is 0.335 e. The van der Waals surface area contributed by atoms with Gasteiger partial charge in [0.1, 0.15) is 5.82 Å². The standard InChI is InChI=1S/C14H22N2O3/c1-3-5-6-16(7-8-17)13-10-11(14(18)19)9-12(4-2)15-13/h9-10,17H,3-8H2,1-2H3,(H,18,19). The number of aliphatic hydroxyl groups excluding tert-OH is 1. The first-order valence-corrected chi connectivity index (χ1v) is 6.72. The van der Waals surface area contributed by atoms with Crippen molar-refractivity contribution in [2.45, 2.75) is 33.1 Å². The maximum atomic E-state index is 11.1. The van der Waals surface area contributed by atoms with Gasteiger partial charge in [-0.25, -0.2) is 9.78 Å². The molecule has 0 radical (unpaired) electrons. The molecule has 0 aromatic carbocycles. The molecule has 1 aromatic rings. The van der Waals surface area contributed by atoms with Gasteiger partial charge in [-0.1, -0.05) is 20.3 Å². The van der Waals surface area contributed by atoms with Crippen LogP contribution >= 0.6 is 0 Å². The molecule has 0 spiro atoms. The van der Waals surface area contributed by atoms with Crippen molar-refractivity contribution in [3.05, 3.63) is 23.4 Å². The van der Waals surface area contributed by atoms with Crippen LogP contribution in [0.25, 0.3) is 0 Å². The third-order valence-corrected chi connectivity index (χ3v) is 2.95. The molecule has 0 atom stereocenters. The number of carbonyl (C=O) groups is 1. The number of anilines is 1. The van der Waals surface area contributed by atoms with E-state index < -0.39 is 5.97 Å². The maximum absolute atomic E-state index is 11.1. The second-order valence-electron chi connectivity index (χ2n) is 4.43. The molecule has 2 N–H and O–H groups in total. The van der Waals surface area contributed by atoms with E-state index in [9.17, 15) is 4.79 Å². The van der Waals surface area contributed by atoms with Crippen LogP contribution in [-0.4, -0.2) is 40.9 Å². The van der Waals surface area contributed by atoms with Gasteiger partial charge in [0.05, 0.1) is 12.2 Å². The molecule has 0 aliphatic heterocycles. The Morgan fingerprint density at radius 1 is 1.32 bits per heavy atom. The lowest BCUT2D eigenvalue weighted by Gasteiger charge is -2.23. The van der Waals surface area contributed by atoms with Crippen molar-refractivity contribution in [3.8, 4) is 0 Å². The zero-order valence-electron chi connectivity index (χ0n) is 11.6. The topological polar surface area (TPSA) is 73.7 Å². The van der Waals surface area contributed by atoms with E-state index in [4.69, 9.17) is 10.2 Å². The number of aromatic nitrogens is 1. The lowest BCUT2D eigenvalue weighted by atomic mass is 10.2. The number of pyridine rings is 1. The minimum Gasteiger partial charge on any atom is -0.478 e. The van der Waals surface area contributed by atoms with Crippen molar-refractivity contribution in [2.24, 2.45) is 0 Å². The number of hydrogen-bond donors (Lipinski definition) is 2. The number of carboxylic acid groups (broad SMARTS) is 1. The third-order valence-electron chi connectivity index (χ3n) is 2.95. The van der Waals surface area contributed by atoms with E-state index in [2.05, 4.69) is 11.9 Å². The van der Waals surface area contributed by atoms with Crippen molar-refractivity contribution in [3.63, 3.8) is 0 Å². The molecule has 0 aliphatic rings. The Kier molecular flexibility index (Phi) is 6.29. The fourth-order valence-electron chi connectivity index (χ4n) is 1.85. The first-order chi connectivity index (χ1) is 9.12. The molecule has 1 rings (SSSR count). The Labute approximate surface area is 113 Å². The van der Waals surface area contributed by atoms with Crippen LogP contribution in [0.4, 0.5) is 5.82 Å². The molecule has 0 amide bonds. The van der Waals surface area contributed by atoms with Crippen LogP contribution < -0.4 is 4.90 Å². The summed E-state index contributed by atoms with van der Waals surface area (Å²) in [4.78, 5) is 17.5. The van der Waals surface area contributed by atoms with Gasteiger partial charge in [-0.05, 0) is 25.0 Å². The largest absolute Gasteiger partial charge is 0.478 e. The van der Waals surface area contributed by atoms with E-state index in [1.54, 1.807) is 12.1 Å². The molecule has 1 heterocycles. The quantitative estimate of drug-likeness (QED) is 0.752. The molecular weight excluding hydrogens is 244 g/mol. The predicted octanol–water partition coefficient (Wildman–Crippen LogP) is 1.94. The number of carboxylic acids is 1. The number of aromatic carboxylic acids is 1. The minimum atomic E-state index is -0.946. The second-order valence-corrected chi connectivity index (χ2v) is 4.43. The van der Waals surface area contributed by atoms with Crippen molar-refractivity contribution in [1.82, 2.24) is 4.98 Å². The van der Waals surface area contributed by atoms with Gasteiger partial charge < -0.3 is 15.1 Å². The van der Waals surface area contributed by atoms with Crippen LogP contribution in [-0.2, 0) is 6.42 Å². The number of unbranched alkanes of at least 4 members (excludes halogenated alkanes) is 1. The third kappa shape index (κ3) is 4.52. The minimum absolute atomic E-state index is 0.0319. The second kappa shape index (κ2) is 7.74. The van der Waals surface area contributed by atoms with E-state index in [0.717, 1.165) is 25.1 Å². The molecule has 19 heavy (non-hydrogen) atoms. The van der Waals surface area contributed by atoms with Crippen LogP contribution in [0.15, 0.2) is 12.1 Å².